The number of benzene rings is 2. The van der Waals surface area contributed by atoms with Gasteiger partial charge in [-0.15, -0.1) is 0 Å². The average Bonchev–Trinajstić information content (AvgIpc) is 2.94. The number of rotatable bonds is 12. The number of nitrogens with zero attached hydrogens (tertiary/aromatic N) is 1. The highest BCUT2D eigenvalue weighted by molar-refractivity contribution is 14.1. The van der Waals surface area contributed by atoms with Crippen LogP contribution in [-0.4, -0.2) is 46.6 Å². The molecule has 0 aliphatic carbocycles. The van der Waals surface area contributed by atoms with E-state index in [9.17, 15) is 0 Å². The average molecular weight is 633 g/mol. The molecule has 3 aromatic rings. The maximum Gasteiger partial charge on any atom is 0.205 e. The van der Waals surface area contributed by atoms with Gasteiger partial charge in [-0.05, 0) is 25.1 Å². The quantitative estimate of drug-likeness (QED) is 0.135. The number of methoxy groups -OCH3 is 6. The van der Waals surface area contributed by atoms with Crippen LogP contribution in [0.25, 0.3) is 24.3 Å². The standard InChI is InChI=1S/C30H35INO6/c1-20(31)19-32-21(11-13-25-27(35-4)15-23(33-2)16-28(25)36-5)9-8-10-22(32)12-14-26-29(37-6)17-24(34-3)18-30(26)38-7/h8-18,20H,19H2,1-7H3/q+1/b13-11+,14-12+. The first-order valence-corrected chi connectivity index (χ1v) is 13.3. The molecule has 1 aromatic heterocycles. The number of alkyl halides is 1. The Labute approximate surface area is 238 Å². The monoisotopic (exact) mass is 632 g/mol. The normalized spacial score (nSPS) is 12.0. The van der Waals surface area contributed by atoms with E-state index in [1.165, 1.54) is 0 Å². The Morgan fingerprint density at radius 3 is 1.29 bits per heavy atom. The maximum absolute atomic E-state index is 5.62. The molecule has 2 aromatic carbocycles. The Balaban J connectivity index is 2.09. The summed E-state index contributed by atoms with van der Waals surface area (Å²) in [6.07, 6.45) is 8.14. The summed E-state index contributed by atoms with van der Waals surface area (Å²) in [5, 5.41) is 0. The molecule has 0 radical (unpaired) electrons. The van der Waals surface area contributed by atoms with Gasteiger partial charge in [0.25, 0.3) is 0 Å². The van der Waals surface area contributed by atoms with Crippen LogP contribution in [0.2, 0.25) is 0 Å². The van der Waals surface area contributed by atoms with E-state index in [0.717, 1.165) is 29.1 Å². The van der Waals surface area contributed by atoms with Crippen molar-refractivity contribution < 1.29 is 33.0 Å². The highest BCUT2D eigenvalue weighted by Gasteiger charge is 2.18. The van der Waals surface area contributed by atoms with Crippen molar-refractivity contribution in [1.82, 2.24) is 0 Å². The zero-order valence-corrected chi connectivity index (χ0v) is 25.1. The van der Waals surface area contributed by atoms with Gasteiger partial charge in [0.1, 0.15) is 34.5 Å². The van der Waals surface area contributed by atoms with E-state index in [1.807, 2.05) is 42.5 Å². The summed E-state index contributed by atoms with van der Waals surface area (Å²) < 4.78 is 35.9. The fraction of sp³-hybridized carbons (Fsp3) is 0.300. The molecule has 0 saturated heterocycles. The maximum atomic E-state index is 5.62. The molecule has 1 heterocycles. The van der Waals surface area contributed by atoms with Crippen LogP contribution in [0.15, 0.2) is 42.5 Å². The molecule has 0 fully saturated rings. The summed E-state index contributed by atoms with van der Waals surface area (Å²) in [6.45, 7) is 3.00. The van der Waals surface area contributed by atoms with Crippen LogP contribution in [0.4, 0.5) is 0 Å². The van der Waals surface area contributed by atoms with E-state index in [0.29, 0.717) is 38.4 Å². The van der Waals surface area contributed by atoms with Crippen molar-refractivity contribution in [2.45, 2.75) is 17.4 Å². The minimum absolute atomic E-state index is 0.398. The molecule has 0 saturated carbocycles. The van der Waals surface area contributed by atoms with Gasteiger partial charge in [-0.1, -0.05) is 22.6 Å². The summed E-state index contributed by atoms with van der Waals surface area (Å²) in [5.74, 6) is 4.01. The van der Waals surface area contributed by atoms with Crippen LogP contribution < -0.4 is 33.0 Å². The first kappa shape index (κ1) is 29.2. The highest BCUT2D eigenvalue weighted by atomic mass is 127. The van der Waals surface area contributed by atoms with Crippen molar-refractivity contribution in [1.29, 1.82) is 0 Å². The molecule has 3 rings (SSSR count). The summed E-state index contributed by atoms with van der Waals surface area (Å²) in [5.41, 5.74) is 3.73. The number of pyridine rings is 1. The van der Waals surface area contributed by atoms with Gasteiger partial charge < -0.3 is 28.4 Å². The smallest absolute Gasteiger partial charge is 0.205 e. The molecule has 0 N–H and O–H groups in total. The molecule has 202 valence electrons. The van der Waals surface area contributed by atoms with Crippen LogP contribution in [0.1, 0.15) is 29.4 Å². The minimum Gasteiger partial charge on any atom is -0.496 e. The van der Waals surface area contributed by atoms with Gasteiger partial charge in [0.2, 0.25) is 11.4 Å². The van der Waals surface area contributed by atoms with Gasteiger partial charge in [-0.25, -0.2) is 0 Å². The lowest BCUT2D eigenvalue weighted by Gasteiger charge is -2.13. The van der Waals surface area contributed by atoms with Gasteiger partial charge >= 0.3 is 0 Å². The van der Waals surface area contributed by atoms with Crippen LogP contribution in [0.5, 0.6) is 34.5 Å². The van der Waals surface area contributed by atoms with Crippen LogP contribution in [0.3, 0.4) is 0 Å². The van der Waals surface area contributed by atoms with Crippen molar-refractivity contribution in [3.63, 3.8) is 0 Å². The summed E-state index contributed by atoms with van der Waals surface area (Å²) in [4.78, 5) is 0. The van der Waals surface area contributed by atoms with Gasteiger partial charge in [-0.2, -0.15) is 4.57 Å². The second-order valence-electron chi connectivity index (χ2n) is 8.32. The van der Waals surface area contributed by atoms with Gasteiger partial charge in [0, 0.05) is 48.6 Å². The van der Waals surface area contributed by atoms with E-state index >= 15 is 0 Å². The van der Waals surface area contributed by atoms with Crippen molar-refractivity contribution in [2.75, 3.05) is 42.7 Å². The topological polar surface area (TPSA) is 59.3 Å². The molecule has 0 bridgehead atoms. The lowest BCUT2D eigenvalue weighted by molar-refractivity contribution is -0.698. The van der Waals surface area contributed by atoms with Crippen molar-refractivity contribution in [3.05, 3.63) is 65.0 Å². The number of hydrogen-bond acceptors (Lipinski definition) is 6. The molecule has 7 nitrogen and oxygen atoms in total. The molecule has 0 aliphatic rings. The molecule has 1 unspecified atom stereocenters. The van der Waals surface area contributed by atoms with Crippen molar-refractivity contribution in [3.8, 4) is 34.5 Å². The number of ether oxygens (including phenoxy) is 6. The third-order valence-electron chi connectivity index (χ3n) is 5.94. The lowest BCUT2D eigenvalue weighted by Crippen LogP contribution is -2.43. The Morgan fingerprint density at radius 1 is 0.632 bits per heavy atom. The van der Waals surface area contributed by atoms with Crippen molar-refractivity contribution >= 4 is 46.9 Å². The predicted octanol–water partition coefficient (Wildman–Crippen LogP) is 6.19. The Bertz CT molecular complexity index is 1160. The van der Waals surface area contributed by atoms with Crippen LogP contribution >= 0.6 is 22.6 Å². The fourth-order valence-electron chi connectivity index (χ4n) is 4.06. The van der Waals surface area contributed by atoms with E-state index in [-0.39, 0.29) is 0 Å². The summed E-state index contributed by atoms with van der Waals surface area (Å²) in [6, 6.07) is 13.6. The zero-order chi connectivity index (χ0) is 27.7. The van der Waals surface area contributed by atoms with E-state index in [1.54, 1.807) is 42.7 Å². The molecular weight excluding hydrogens is 597 g/mol. The van der Waals surface area contributed by atoms with E-state index in [2.05, 4.69) is 58.4 Å². The second kappa shape index (κ2) is 13.9. The first-order valence-electron chi connectivity index (χ1n) is 12.0. The third-order valence-corrected chi connectivity index (χ3v) is 6.33. The first-order chi connectivity index (χ1) is 18.4. The van der Waals surface area contributed by atoms with Gasteiger partial charge in [-0.3, -0.25) is 0 Å². The van der Waals surface area contributed by atoms with Gasteiger partial charge in [0.05, 0.1) is 57.7 Å². The Kier molecular flexibility index (Phi) is 10.7. The Morgan fingerprint density at radius 2 is 1.00 bits per heavy atom. The van der Waals surface area contributed by atoms with Gasteiger partial charge in [0.15, 0.2) is 6.54 Å². The van der Waals surface area contributed by atoms with Crippen LogP contribution in [-0.2, 0) is 6.54 Å². The largest absolute Gasteiger partial charge is 0.496 e. The van der Waals surface area contributed by atoms with E-state index < -0.39 is 0 Å². The molecule has 8 heteroatoms. The summed E-state index contributed by atoms with van der Waals surface area (Å²) >= 11 is 2.44. The van der Waals surface area contributed by atoms with Crippen molar-refractivity contribution in [2.24, 2.45) is 0 Å². The third kappa shape index (κ3) is 6.92. The number of aromatic nitrogens is 1. The number of halogens is 1. The molecule has 38 heavy (non-hydrogen) atoms. The molecule has 0 amide bonds. The van der Waals surface area contributed by atoms with E-state index in [4.69, 9.17) is 28.4 Å². The fourth-order valence-corrected chi connectivity index (χ4v) is 4.45. The highest BCUT2D eigenvalue weighted by Crippen LogP contribution is 2.36. The molecule has 0 spiro atoms. The second-order valence-corrected chi connectivity index (χ2v) is 10.5. The molecule has 0 aliphatic heterocycles. The van der Waals surface area contributed by atoms with Crippen LogP contribution in [0, 0.1) is 0 Å². The predicted molar refractivity (Wildman–Crippen MR) is 160 cm³/mol. The molecular formula is C30H35INO6+. The minimum atomic E-state index is 0.398. The Hall–Kier alpha value is -3.40. The SMILES string of the molecule is COc1cc(OC)c(/C=C/c2cccc(/C=C/c3c(OC)cc(OC)cc3OC)[n+]2CC(C)I)c(OC)c1. The number of hydrogen-bond donors (Lipinski definition) is 0. The lowest BCUT2D eigenvalue weighted by atomic mass is 10.1. The molecule has 1 atom stereocenters. The zero-order valence-electron chi connectivity index (χ0n) is 22.9. The summed E-state index contributed by atoms with van der Waals surface area (Å²) in [7, 11) is 9.78.